The predicted octanol–water partition coefficient (Wildman–Crippen LogP) is 2.09. The first kappa shape index (κ1) is 15.2. The first-order chi connectivity index (χ1) is 8.45. The van der Waals surface area contributed by atoms with Crippen molar-refractivity contribution in [3.63, 3.8) is 0 Å². The van der Waals surface area contributed by atoms with E-state index in [0.29, 0.717) is 6.54 Å². The van der Waals surface area contributed by atoms with Crippen molar-refractivity contribution in [2.75, 3.05) is 13.6 Å². The average Bonchev–Trinajstić information content (AvgIpc) is 2.30. The van der Waals surface area contributed by atoms with Gasteiger partial charge in [0.05, 0.1) is 6.10 Å². The molecule has 3 N–H and O–H groups in total. The molecule has 0 radical (unpaired) electrons. The van der Waals surface area contributed by atoms with Gasteiger partial charge in [0.15, 0.2) is 0 Å². The third-order valence-electron chi connectivity index (χ3n) is 3.32. The molecule has 1 aromatic carbocycles. The van der Waals surface area contributed by atoms with E-state index in [0.717, 1.165) is 6.42 Å². The predicted molar refractivity (Wildman–Crippen MR) is 76.5 cm³/mol. The number of rotatable bonds is 6. The van der Waals surface area contributed by atoms with E-state index in [1.165, 1.54) is 11.1 Å². The summed E-state index contributed by atoms with van der Waals surface area (Å²) in [6.07, 6.45) is 0.579. The van der Waals surface area contributed by atoms with E-state index < -0.39 is 0 Å². The summed E-state index contributed by atoms with van der Waals surface area (Å²) < 4.78 is 0. The Labute approximate surface area is 111 Å². The van der Waals surface area contributed by atoms with E-state index in [-0.39, 0.29) is 18.2 Å². The molecule has 3 atom stereocenters. The number of benzene rings is 1. The van der Waals surface area contributed by atoms with Crippen LogP contribution in [0.15, 0.2) is 24.3 Å². The maximum Gasteiger partial charge on any atom is 0.0639 e. The molecule has 18 heavy (non-hydrogen) atoms. The summed E-state index contributed by atoms with van der Waals surface area (Å²) in [6, 6.07) is 8.73. The Morgan fingerprint density at radius 2 is 1.83 bits per heavy atom. The lowest BCUT2D eigenvalue weighted by Crippen LogP contribution is -2.41. The summed E-state index contributed by atoms with van der Waals surface area (Å²) in [5.41, 5.74) is 8.71. The Morgan fingerprint density at radius 3 is 2.28 bits per heavy atom. The minimum absolute atomic E-state index is 0.0801. The van der Waals surface area contributed by atoms with E-state index >= 15 is 0 Å². The van der Waals surface area contributed by atoms with Crippen LogP contribution in [0.1, 0.15) is 37.4 Å². The topological polar surface area (TPSA) is 49.5 Å². The lowest BCUT2D eigenvalue weighted by Gasteiger charge is -2.33. The fourth-order valence-corrected chi connectivity index (χ4v) is 2.35. The highest BCUT2D eigenvalue weighted by Gasteiger charge is 2.23. The van der Waals surface area contributed by atoms with Crippen molar-refractivity contribution in [1.82, 2.24) is 4.90 Å². The highest BCUT2D eigenvalue weighted by molar-refractivity contribution is 5.25. The normalized spacial score (nSPS) is 16.6. The molecule has 3 nitrogen and oxygen atoms in total. The van der Waals surface area contributed by atoms with Crippen LogP contribution in [0, 0.1) is 6.92 Å². The van der Waals surface area contributed by atoms with Gasteiger partial charge in [-0.05, 0) is 32.9 Å². The van der Waals surface area contributed by atoms with E-state index in [4.69, 9.17) is 5.73 Å². The molecular formula is C15H26N2O. The number of aliphatic hydroxyl groups excluding tert-OH is 1. The number of hydrogen-bond donors (Lipinski definition) is 2. The van der Waals surface area contributed by atoms with Crippen LogP contribution >= 0.6 is 0 Å². The number of likely N-dealkylation sites (N-methyl/N-ethyl adjacent to an activating group) is 1. The van der Waals surface area contributed by atoms with Crippen molar-refractivity contribution in [2.24, 2.45) is 5.73 Å². The molecule has 0 saturated carbocycles. The molecule has 0 bridgehead atoms. The second-order valence-electron chi connectivity index (χ2n) is 5.22. The zero-order chi connectivity index (χ0) is 13.7. The quantitative estimate of drug-likeness (QED) is 0.813. The largest absolute Gasteiger partial charge is 0.392 e. The van der Waals surface area contributed by atoms with Crippen molar-refractivity contribution in [1.29, 1.82) is 0 Å². The SMILES string of the molecule is CCC(N)C(c1ccc(C)cc1)N(C)CC(C)O. The van der Waals surface area contributed by atoms with Crippen LogP contribution in [0.5, 0.6) is 0 Å². The summed E-state index contributed by atoms with van der Waals surface area (Å²) in [7, 11) is 2.02. The monoisotopic (exact) mass is 250 g/mol. The van der Waals surface area contributed by atoms with Crippen LogP contribution in [0.2, 0.25) is 0 Å². The first-order valence-corrected chi connectivity index (χ1v) is 6.66. The molecule has 0 fully saturated rings. The van der Waals surface area contributed by atoms with Crippen molar-refractivity contribution in [3.8, 4) is 0 Å². The first-order valence-electron chi connectivity index (χ1n) is 6.66. The number of nitrogens with two attached hydrogens (primary N) is 1. The molecule has 1 aromatic rings. The Bertz CT molecular complexity index is 348. The highest BCUT2D eigenvalue weighted by atomic mass is 16.3. The molecule has 0 saturated heterocycles. The molecule has 0 aromatic heterocycles. The van der Waals surface area contributed by atoms with Crippen LogP contribution in [0.25, 0.3) is 0 Å². The maximum atomic E-state index is 9.53. The molecular weight excluding hydrogens is 224 g/mol. The summed E-state index contributed by atoms with van der Waals surface area (Å²) in [5.74, 6) is 0. The van der Waals surface area contributed by atoms with Crippen LogP contribution < -0.4 is 5.73 Å². The Kier molecular flexibility index (Phi) is 5.79. The van der Waals surface area contributed by atoms with E-state index in [9.17, 15) is 5.11 Å². The molecule has 3 heteroatoms. The molecule has 102 valence electrons. The smallest absolute Gasteiger partial charge is 0.0639 e. The van der Waals surface area contributed by atoms with Crippen LogP contribution in [0.3, 0.4) is 0 Å². The summed E-state index contributed by atoms with van der Waals surface area (Å²) in [5, 5.41) is 9.53. The van der Waals surface area contributed by atoms with Gasteiger partial charge in [-0.25, -0.2) is 0 Å². The second kappa shape index (κ2) is 6.88. The summed E-state index contributed by atoms with van der Waals surface area (Å²) in [6.45, 7) is 6.62. The molecule has 0 spiro atoms. The molecule has 0 aliphatic rings. The van der Waals surface area contributed by atoms with Crippen molar-refractivity contribution >= 4 is 0 Å². The number of nitrogens with zero attached hydrogens (tertiary/aromatic N) is 1. The van der Waals surface area contributed by atoms with Crippen molar-refractivity contribution in [3.05, 3.63) is 35.4 Å². The average molecular weight is 250 g/mol. The number of hydrogen-bond acceptors (Lipinski definition) is 3. The Morgan fingerprint density at radius 1 is 1.28 bits per heavy atom. The van der Waals surface area contributed by atoms with Crippen LogP contribution in [-0.4, -0.2) is 35.7 Å². The van der Waals surface area contributed by atoms with Crippen LogP contribution in [0.4, 0.5) is 0 Å². The standard InChI is InChI=1S/C15H26N2O/c1-5-14(16)15(17(4)10-12(3)18)13-8-6-11(2)7-9-13/h6-9,12,14-15,18H,5,10,16H2,1-4H3. The van der Waals surface area contributed by atoms with Gasteiger partial charge < -0.3 is 10.8 Å². The molecule has 0 aliphatic carbocycles. The van der Waals surface area contributed by atoms with E-state index in [2.05, 4.69) is 43.0 Å². The van der Waals surface area contributed by atoms with Gasteiger partial charge in [0, 0.05) is 18.6 Å². The Balaban J connectivity index is 2.94. The van der Waals surface area contributed by atoms with Crippen molar-refractivity contribution in [2.45, 2.75) is 45.4 Å². The zero-order valence-corrected chi connectivity index (χ0v) is 11.9. The van der Waals surface area contributed by atoms with E-state index in [1.807, 2.05) is 7.05 Å². The van der Waals surface area contributed by atoms with Gasteiger partial charge in [-0.15, -0.1) is 0 Å². The molecule has 3 unspecified atom stereocenters. The third kappa shape index (κ3) is 4.09. The molecule has 0 amide bonds. The van der Waals surface area contributed by atoms with Crippen LogP contribution in [-0.2, 0) is 0 Å². The molecule has 0 heterocycles. The van der Waals surface area contributed by atoms with Gasteiger partial charge in [-0.2, -0.15) is 0 Å². The minimum atomic E-state index is -0.341. The van der Waals surface area contributed by atoms with Gasteiger partial charge in [0.1, 0.15) is 0 Å². The fraction of sp³-hybridized carbons (Fsp3) is 0.600. The van der Waals surface area contributed by atoms with Crippen molar-refractivity contribution < 1.29 is 5.11 Å². The zero-order valence-electron chi connectivity index (χ0n) is 11.9. The lowest BCUT2D eigenvalue weighted by atomic mass is 9.95. The summed E-state index contributed by atoms with van der Waals surface area (Å²) >= 11 is 0. The van der Waals surface area contributed by atoms with Gasteiger partial charge in [-0.1, -0.05) is 36.8 Å². The van der Waals surface area contributed by atoms with E-state index in [1.54, 1.807) is 6.92 Å². The third-order valence-corrected chi connectivity index (χ3v) is 3.32. The lowest BCUT2D eigenvalue weighted by molar-refractivity contribution is 0.107. The van der Waals surface area contributed by atoms with Gasteiger partial charge in [0.25, 0.3) is 0 Å². The van der Waals surface area contributed by atoms with Gasteiger partial charge >= 0.3 is 0 Å². The number of aliphatic hydroxyl groups is 1. The Hall–Kier alpha value is -0.900. The van der Waals surface area contributed by atoms with Gasteiger partial charge in [0.2, 0.25) is 0 Å². The minimum Gasteiger partial charge on any atom is -0.392 e. The summed E-state index contributed by atoms with van der Waals surface area (Å²) in [4.78, 5) is 2.14. The molecule has 0 aliphatic heterocycles. The highest BCUT2D eigenvalue weighted by Crippen LogP contribution is 2.24. The second-order valence-corrected chi connectivity index (χ2v) is 5.22. The van der Waals surface area contributed by atoms with Gasteiger partial charge in [-0.3, -0.25) is 4.90 Å². The number of aryl methyl sites for hydroxylation is 1. The fourth-order valence-electron chi connectivity index (χ4n) is 2.35. The molecule has 1 rings (SSSR count). The maximum absolute atomic E-state index is 9.53.